The van der Waals surface area contributed by atoms with Crippen molar-refractivity contribution in [1.82, 2.24) is 10.2 Å². The molecule has 0 aliphatic carbocycles. The predicted molar refractivity (Wildman–Crippen MR) is 93.7 cm³/mol. The van der Waals surface area contributed by atoms with Crippen molar-refractivity contribution in [1.29, 1.82) is 0 Å². The third kappa shape index (κ3) is 3.08. The van der Waals surface area contributed by atoms with Gasteiger partial charge in [-0.3, -0.25) is 9.89 Å². The highest BCUT2D eigenvalue weighted by molar-refractivity contribution is 6.06. The second-order valence-electron chi connectivity index (χ2n) is 6.19. The fourth-order valence-electron chi connectivity index (χ4n) is 3.47. The molecule has 1 N–H and O–H groups in total. The summed E-state index contributed by atoms with van der Waals surface area (Å²) in [7, 11) is 0. The van der Waals surface area contributed by atoms with E-state index in [0.29, 0.717) is 24.4 Å². The number of aromatic amines is 1. The highest BCUT2D eigenvalue weighted by Crippen LogP contribution is 2.43. The number of aromatic nitrogens is 2. The van der Waals surface area contributed by atoms with Gasteiger partial charge in [-0.25, -0.2) is 9.38 Å². The SMILES string of the molecule is CCCC1=Nc2[nH]ncc2C(c2cccc(F)c2C)C1C(=O)OCC. The van der Waals surface area contributed by atoms with Crippen LogP contribution in [0.25, 0.3) is 0 Å². The van der Waals surface area contributed by atoms with Crippen LogP contribution in [0.3, 0.4) is 0 Å². The minimum absolute atomic E-state index is 0.287. The van der Waals surface area contributed by atoms with E-state index in [2.05, 4.69) is 15.2 Å². The zero-order valence-electron chi connectivity index (χ0n) is 14.7. The number of esters is 1. The molecule has 2 atom stereocenters. The van der Waals surface area contributed by atoms with Crippen molar-refractivity contribution in [3.63, 3.8) is 0 Å². The van der Waals surface area contributed by atoms with Crippen LogP contribution >= 0.6 is 0 Å². The van der Waals surface area contributed by atoms with E-state index in [0.717, 1.165) is 23.3 Å². The molecule has 2 unspecified atom stereocenters. The molecule has 0 amide bonds. The van der Waals surface area contributed by atoms with Crippen LogP contribution in [0.1, 0.15) is 49.3 Å². The summed E-state index contributed by atoms with van der Waals surface area (Å²) in [6, 6.07) is 4.96. The van der Waals surface area contributed by atoms with E-state index in [1.54, 1.807) is 26.1 Å². The summed E-state index contributed by atoms with van der Waals surface area (Å²) in [6.07, 6.45) is 3.20. The molecule has 3 rings (SSSR count). The molecule has 0 spiro atoms. The lowest BCUT2D eigenvalue weighted by Gasteiger charge is -2.31. The third-order valence-corrected chi connectivity index (χ3v) is 4.62. The molecule has 2 heterocycles. The van der Waals surface area contributed by atoms with Gasteiger partial charge in [-0.15, -0.1) is 0 Å². The molecule has 1 aromatic carbocycles. The van der Waals surface area contributed by atoms with Crippen molar-refractivity contribution >= 4 is 17.5 Å². The number of rotatable bonds is 5. The maximum absolute atomic E-state index is 14.2. The van der Waals surface area contributed by atoms with Crippen LogP contribution in [0.15, 0.2) is 29.4 Å². The molecular formula is C19H22FN3O2. The number of benzene rings is 1. The van der Waals surface area contributed by atoms with Gasteiger partial charge in [-0.05, 0) is 37.5 Å². The monoisotopic (exact) mass is 343 g/mol. The Morgan fingerprint density at radius 1 is 1.32 bits per heavy atom. The molecule has 5 nitrogen and oxygen atoms in total. The Balaban J connectivity index is 2.19. The fourth-order valence-corrected chi connectivity index (χ4v) is 3.47. The van der Waals surface area contributed by atoms with Gasteiger partial charge < -0.3 is 4.74 Å². The van der Waals surface area contributed by atoms with Gasteiger partial charge in [-0.1, -0.05) is 25.5 Å². The normalized spacial score (nSPS) is 19.3. The standard InChI is InChI=1S/C19H22FN3O2/c1-4-7-15-17(19(24)25-5-2)16(13-10-21-23-18(13)22-15)12-8-6-9-14(20)11(12)3/h6,8-10,16-17H,4-5,7H2,1-3H3,(H,21,23). The van der Waals surface area contributed by atoms with Crippen LogP contribution in [-0.4, -0.2) is 28.5 Å². The summed E-state index contributed by atoms with van der Waals surface area (Å²) in [6.45, 7) is 5.85. The quantitative estimate of drug-likeness (QED) is 0.833. The molecule has 0 fully saturated rings. The van der Waals surface area contributed by atoms with Gasteiger partial charge in [0.25, 0.3) is 0 Å². The Kier molecular flexibility index (Phi) is 4.97. The van der Waals surface area contributed by atoms with E-state index in [4.69, 9.17) is 4.74 Å². The summed E-state index contributed by atoms with van der Waals surface area (Å²) in [5, 5.41) is 6.98. The minimum atomic E-state index is -0.564. The number of halogens is 1. The Labute approximate surface area is 146 Å². The van der Waals surface area contributed by atoms with Gasteiger partial charge in [0.1, 0.15) is 11.7 Å². The molecule has 132 valence electrons. The number of carbonyl (C=O) groups is 1. The van der Waals surface area contributed by atoms with Gasteiger partial charge in [0, 0.05) is 17.2 Å². The molecule has 0 saturated heterocycles. The first-order valence-corrected chi connectivity index (χ1v) is 8.60. The molecule has 1 aromatic heterocycles. The fraction of sp³-hybridized carbons (Fsp3) is 0.421. The Hall–Kier alpha value is -2.50. The van der Waals surface area contributed by atoms with Crippen molar-refractivity contribution in [2.24, 2.45) is 10.9 Å². The third-order valence-electron chi connectivity index (χ3n) is 4.62. The molecule has 0 radical (unpaired) electrons. The number of H-pyrrole nitrogens is 1. The number of nitrogens with zero attached hydrogens (tertiary/aromatic N) is 2. The van der Waals surface area contributed by atoms with E-state index in [1.807, 2.05) is 13.0 Å². The highest BCUT2D eigenvalue weighted by Gasteiger charge is 2.41. The number of ether oxygens (including phenoxy) is 1. The van der Waals surface area contributed by atoms with Gasteiger partial charge in [0.2, 0.25) is 0 Å². The van der Waals surface area contributed by atoms with Crippen LogP contribution in [0, 0.1) is 18.7 Å². The van der Waals surface area contributed by atoms with Crippen molar-refractivity contribution in [2.45, 2.75) is 39.5 Å². The van der Waals surface area contributed by atoms with Gasteiger partial charge in [0.15, 0.2) is 5.82 Å². The van der Waals surface area contributed by atoms with E-state index >= 15 is 0 Å². The number of fused-ring (bicyclic) bond motifs is 1. The van der Waals surface area contributed by atoms with Gasteiger partial charge >= 0.3 is 5.97 Å². The molecule has 6 heteroatoms. The summed E-state index contributed by atoms with van der Waals surface area (Å²) in [4.78, 5) is 17.4. The Bertz CT molecular complexity index is 813. The second kappa shape index (κ2) is 7.17. The average molecular weight is 343 g/mol. The second-order valence-corrected chi connectivity index (χ2v) is 6.19. The first kappa shape index (κ1) is 17.3. The van der Waals surface area contributed by atoms with Gasteiger partial charge in [0.05, 0.1) is 12.8 Å². The van der Waals surface area contributed by atoms with E-state index < -0.39 is 5.92 Å². The van der Waals surface area contributed by atoms with Crippen LogP contribution in [0.5, 0.6) is 0 Å². The molecule has 25 heavy (non-hydrogen) atoms. The summed E-state index contributed by atoms with van der Waals surface area (Å²) < 4.78 is 19.5. The van der Waals surface area contributed by atoms with Gasteiger partial charge in [-0.2, -0.15) is 5.10 Å². The van der Waals surface area contributed by atoms with Crippen molar-refractivity contribution in [3.8, 4) is 0 Å². The molecular weight excluding hydrogens is 321 g/mol. The topological polar surface area (TPSA) is 67.3 Å². The van der Waals surface area contributed by atoms with Crippen LogP contribution in [0.2, 0.25) is 0 Å². The number of carbonyl (C=O) groups excluding carboxylic acids is 1. The maximum atomic E-state index is 14.2. The van der Waals surface area contributed by atoms with E-state index in [9.17, 15) is 9.18 Å². The summed E-state index contributed by atoms with van der Waals surface area (Å²) in [5.41, 5.74) is 2.86. The van der Waals surface area contributed by atoms with Crippen LogP contribution in [-0.2, 0) is 9.53 Å². The number of hydrogen-bond donors (Lipinski definition) is 1. The maximum Gasteiger partial charge on any atom is 0.315 e. The van der Waals surface area contributed by atoms with Crippen LogP contribution < -0.4 is 0 Å². The smallest absolute Gasteiger partial charge is 0.315 e. The lowest BCUT2D eigenvalue weighted by Crippen LogP contribution is -2.34. The van der Waals surface area contributed by atoms with Crippen molar-refractivity contribution in [3.05, 3.63) is 46.9 Å². The van der Waals surface area contributed by atoms with E-state index in [1.165, 1.54) is 6.07 Å². The molecule has 2 aromatic rings. The lowest BCUT2D eigenvalue weighted by molar-refractivity contribution is -0.146. The zero-order valence-corrected chi connectivity index (χ0v) is 14.7. The molecule has 1 aliphatic rings. The Morgan fingerprint density at radius 2 is 2.12 bits per heavy atom. The zero-order chi connectivity index (χ0) is 18.0. The molecule has 1 aliphatic heterocycles. The lowest BCUT2D eigenvalue weighted by atomic mass is 9.75. The van der Waals surface area contributed by atoms with E-state index in [-0.39, 0.29) is 17.7 Å². The summed E-state index contributed by atoms with van der Waals surface area (Å²) >= 11 is 0. The average Bonchev–Trinajstić information content (AvgIpc) is 3.05. The highest BCUT2D eigenvalue weighted by atomic mass is 19.1. The number of nitrogens with one attached hydrogen (secondary N) is 1. The first-order chi connectivity index (χ1) is 12.1. The van der Waals surface area contributed by atoms with Crippen molar-refractivity contribution < 1.29 is 13.9 Å². The number of aliphatic imine (C=N–C) groups is 1. The first-order valence-electron chi connectivity index (χ1n) is 8.60. The van der Waals surface area contributed by atoms with Crippen LogP contribution in [0.4, 0.5) is 10.2 Å². The minimum Gasteiger partial charge on any atom is -0.465 e. The summed E-state index contributed by atoms with van der Waals surface area (Å²) in [5.74, 6) is -0.898. The largest absolute Gasteiger partial charge is 0.465 e. The predicted octanol–water partition coefficient (Wildman–Crippen LogP) is 4.05. The number of hydrogen-bond acceptors (Lipinski definition) is 4. The molecule has 0 bridgehead atoms. The van der Waals surface area contributed by atoms with Crippen molar-refractivity contribution in [2.75, 3.05) is 6.61 Å². The molecule has 0 saturated carbocycles. The Morgan fingerprint density at radius 3 is 2.84 bits per heavy atom.